The molecule has 7 heteroatoms. The molecule has 0 aromatic heterocycles. The van der Waals surface area contributed by atoms with Crippen LogP contribution in [0.15, 0.2) is 18.2 Å². The smallest absolute Gasteiger partial charge is 0.415 e. The number of carbonyl (C=O) groups excluding carboxylic acids is 2. The summed E-state index contributed by atoms with van der Waals surface area (Å²) in [6, 6.07) is 4.77. The van der Waals surface area contributed by atoms with E-state index in [0.717, 1.165) is 24.3 Å². The molecule has 5 nitrogen and oxygen atoms in total. The molecule has 2 heterocycles. The van der Waals surface area contributed by atoms with E-state index in [9.17, 15) is 14.0 Å². The Bertz CT molecular complexity index is 604. The third-order valence-electron chi connectivity index (χ3n) is 4.09. The molecule has 1 aromatic carbocycles. The van der Waals surface area contributed by atoms with Crippen LogP contribution in [0.4, 0.5) is 14.9 Å². The molecule has 3 rings (SSSR count). The van der Waals surface area contributed by atoms with Crippen molar-refractivity contribution < 1.29 is 18.7 Å². The SMILES string of the molecule is NC(=O)C1CN(c2ccc(C3CCSCC3)c(F)c2)C(=O)O1. The molecule has 0 saturated carbocycles. The van der Waals surface area contributed by atoms with Crippen LogP contribution in [-0.4, -0.2) is 36.2 Å². The van der Waals surface area contributed by atoms with Crippen LogP contribution >= 0.6 is 11.8 Å². The third kappa shape index (κ3) is 2.90. The molecule has 2 saturated heterocycles. The van der Waals surface area contributed by atoms with Crippen molar-refractivity contribution in [1.29, 1.82) is 0 Å². The Morgan fingerprint density at radius 3 is 2.68 bits per heavy atom. The summed E-state index contributed by atoms with van der Waals surface area (Å²) in [4.78, 5) is 24.1. The van der Waals surface area contributed by atoms with Gasteiger partial charge in [-0.3, -0.25) is 9.69 Å². The Hall–Kier alpha value is -1.76. The molecule has 0 radical (unpaired) electrons. The van der Waals surface area contributed by atoms with Gasteiger partial charge >= 0.3 is 6.09 Å². The van der Waals surface area contributed by atoms with E-state index < -0.39 is 18.1 Å². The number of thioether (sulfide) groups is 1. The van der Waals surface area contributed by atoms with Gasteiger partial charge in [0.15, 0.2) is 6.10 Å². The number of anilines is 1. The summed E-state index contributed by atoms with van der Waals surface area (Å²) >= 11 is 1.89. The fourth-order valence-corrected chi connectivity index (χ4v) is 3.95. The lowest BCUT2D eigenvalue weighted by Gasteiger charge is -2.23. The molecule has 22 heavy (non-hydrogen) atoms. The van der Waals surface area contributed by atoms with Crippen LogP contribution in [-0.2, 0) is 9.53 Å². The number of halogens is 1. The summed E-state index contributed by atoms with van der Waals surface area (Å²) in [5.41, 5.74) is 6.22. The lowest BCUT2D eigenvalue weighted by Crippen LogP contribution is -2.32. The molecule has 1 aromatic rings. The zero-order valence-corrected chi connectivity index (χ0v) is 12.8. The third-order valence-corrected chi connectivity index (χ3v) is 5.13. The van der Waals surface area contributed by atoms with Gasteiger partial charge in [-0.15, -0.1) is 0 Å². The van der Waals surface area contributed by atoms with Crippen molar-refractivity contribution in [3.63, 3.8) is 0 Å². The second-order valence-electron chi connectivity index (χ2n) is 5.48. The summed E-state index contributed by atoms with van der Waals surface area (Å²) in [5.74, 6) is 1.31. The molecule has 2 N–H and O–H groups in total. The van der Waals surface area contributed by atoms with Crippen molar-refractivity contribution in [3.8, 4) is 0 Å². The number of primary amides is 1. The monoisotopic (exact) mass is 324 g/mol. The van der Waals surface area contributed by atoms with Crippen LogP contribution in [0.5, 0.6) is 0 Å². The molecule has 0 aliphatic carbocycles. The molecule has 2 aliphatic rings. The van der Waals surface area contributed by atoms with Crippen molar-refractivity contribution in [1.82, 2.24) is 0 Å². The van der Waals surface area contributed by atoms with Gasteiger partial charge in [0, 0.05) is 0 Å². The van der Waals surface area contributed by atoms with E-state index in [2.05, 4.69) is 0 Å². The van der Waals surface area contributed by atoms with Crippen LogP contribution in [0.1, 0.15) is 24.3 Å². The second-order valence-corrected chi connectivity index (χ2v) is 6.70. The van der Waals surface area contributed by atoms with Gasteiger partial charge < -0.3 is 10.5 Å². The quantitative estimate of drug-likeness (QED) is 0.925. The molecule has 2 fully saturated rings. The van der Waals surface area contributed by atoms with Gasteiger partial charge in [0.1, 0.15) is 5.82 Å². The second kappa shape index (κ2) is 6.16. The molecule has 2 aliphatic heterocycles. The van der Waals surface area contributed by atoms with Gasteiger partial charge in [0.05, 0.1) is 12.2 Å². The topological polar surface area (TPSA) is 72.6 Å². The lowest BCUT2D eigenvalue weighted by atomic mass is 9.93. The Balaban J connectivity index is 1.80. The predicted molar refractivity (Wildman–Crippen MR) is 82.5 cm³/mol. The van der Waals surface area contributed by atoms with E-state index in [1.807, 2.05) is 11.8 Å². The van der Waals surface area contributed by atoms with Crippen molar-refractivity contribution in [2.24, 2.45) is 5.73 Å². The Morgan fingerprint density at radius 2 is 2.09 bits per heavy atom. The average Bonchev–Trinajstić information content (AvgIpc) is 2.90. The van der Waals surface area contributed by atoms with E-state index in [1.165, 1.54) is 11.0 Å². The minimum Gasteiger partial charge on any atom is -0.434 e. The molecular weight excluding hydrogens is 307 g/mol. The van der Waals surface area contributed by atoms with Gasteiger partial charge in [-0.2, -0.15) is 11.8 Å². The minimum absolute atomic E-state index is 0.0209. The number of hydrogen-bond acceptors (Lipinski definition) is 4. The fraction of sp³-hybridized carbons (Fsp3) is 0.467. The van der Waals surface area contributed by atoms with Crippen LogP contribution in [0.25, 0.3) is 0 Å². The first-order valence-corrected chi connectivity index (χ1v) is 8.36. The molecule has 0 bridgehead atoms. The highest BCUT2D eigenvalue weighted by Crippen LogP contribution is 2.34. The van der Waals surface area contributed by atoms with E-state index in [4.69, 9.17) is 10.5 Å². The average molecular weight is 324 g/mol. The minimum atomic E-state index is -0.981. The number of benzene rings is 1. The van der Waals surface area contributed by atoms with Crippen molar-refractivity contribution >= 4 is 29.4 Å². The summed E-state index contributed by atoms with van der Waals surface area (Å²) in [6.45, 7) is 0.0209. The van der Waals surface area contributed by atoms with Crippen molar-refractivity contribution in [2.45, 2.75) is 24.9 Å². The van der Waals surface area contributed by atoms with Gasteiger partial charge in [-0.1, -0.05) is 6.07 Å². The summed E-state index contributed by atoms with van der Waals surface area (Å²) < 4.78 is 19.3. The maximum absolute atomic E-state index is 14.4. The summed E-state index contributed by atoms with van der Waals surface area (Å²) in [5, 5.41) is 0. The highest BCUT2D eigenvalue weighted by molar-refractivity contribution is 7.99. The van der Waals surface area contributed by atoms with Crippen LogP contribution in [0, 0.1) is 5.82 Å². The van der Waals surface area contributed by atoms with E-state index in [-0.39, 0.29) is 18.3 Å². The number of rotatable bonds is 3. The number of amides is 2. The Kier molecular flexibility index (Phi) is 4.24. The zero-order valence-electron chi connectivity index (χ0n) is 12.0. The van der Waals surface area contributed by atoms with Crippen LogP contribution < -0.4 is 10.6 Å². The molecule has 1 atom stereocenters. The first kappa shape index (κ1) is 15.1. The largest absolute Gasteiger partial charge is 0.434 e. The number of nitrogens with two attached hydrogens (primary N) is 1. The maximum Gasteiger partial charge on any atom is 0.415 e. The lowest BCUT2D eigenvalue weighted by molar-refractivity contribution is -0.124. The normalized spacial score (nSPS) is 22.7. The summed E-state index contributed by atoms with van der Waals surface area (Å²) in [7, 11) is 0. The van der Waals surface area contributed by atoms with E-state index >= 15 is 0 Å². The van der Waals surface area contributed by atoms with Crippen molar-refractivity contribution in [3.05, 3.63) is 29.6 Å². The number of nitrogens with zero attached hydrogens (tertiary/aromatic N) is 1. The Morgan fingerprint density at radius 1 is 1.36 bits per heavy atom. The predicted octanol–water partition coefficient (Wildman–Crippen LogP) is 2.25. The zero-order chi connectivity index (χ0) is 15.7. The number of ether oxygens (including phenoxy) is 1. The van der Waals surface area contributed by atoms with E-state index in [0.29, 0.717) is 11.3 Å². The molecule has 118 valence electrons. The molecular formula is C15H17FN2O3S. The summed E-state index contributed by atoms with van der Waals surface area (Å²) in [6.07, 6.45) is 0.281. The highest BCUT2D eigenvalue weighted by Gasteiger charge is 2.36. The van der Waals surface area contributed by atoms with E-state index in [1.54, 1.807) is 12.1 Å². The number of cyclic esters (lactones) is 1. The first-order valence-electron chi connectivity index (χ1n) is 7.21. The van der Waals surface area contributed by atoms with Crippen molar-refractivity contribution in [2.75, 3.05) is 23.0 Å². The number of hydrogen-bond donors (Lipinski definition) is 1. The fourth-order valence-electron chi connectivity index (χ4n) is 2.85. The van der Waals surface area contributed by atoms with Crippen LogP contribution in [0.2, 0.25) is 0 Å². The van der Waals surface area contributed by atoms with Gasteiger partial charge in [-0.25, -0.2) is 9.18 Å². The molecule has 2 amide bonds. The molecule has 0 spiro atoms. The van der Waals surface area contributed by atoms with Crippen LogP contribution in [0.3, 0.4) is 0 Å². The Labute approximate surface area is 132 Å². The van der Waals surface area contributed by atoms with Gasteiger partial charge in [0.2, 0.25) is 0 Å². The van der Waals surface area contributed by atoms with Gasteiger partial charge in [-0.05, 0) is 48.0 Å². The highest BCUT2D eigenvalue weighted by atomic mass is 32.2. The molecule has 1 unspecified atom stereocenters. The van der Waals surface area contributed by atoms with Gasteiger partial charge in [0.25, 0.3) is 5.91 Å². The standard InChI is InChI=1S/C15H17FN2O3S/c16-12-7-10(18-8-13(14(17)19)21-15(18)20)1-2-11(12)9-3-5-22-6-4-9/h1-2,7,9,13H,3-6,8H2,(H2,17,19). The maximum atomic E-state index is 14.4. The first-order chi connectivity index (χ1) is 10.6. The number of carbonyl (C=O) groups is 2.